The van der Waals surface area contributed by atoms with Crippen LogP contribution < -0.4 is 0 Å². The van der Waals surface area contributed by atoms with E-state index in [9.17, 15) is 0 Å². The SMILES string of the molecule is CC1(C)CCC[C@H]2Cc3ccccc3C[C@@H]21. The molecule has 2 aliphatic carbocycles. The lowest BCUT2D eigenvalue weighted by Gasteiger charge is -2.47. The summed E-state index contributed by atoms with van der Waals surface area (Å²) in [7, 11) is 0. The molecule has 1 aromatic rings. The largest absolute Gasteiger partial charge is 0.0620 e. The molecule has 1 aromatic carbocycles. The van der Waals surface area contributed by atoms with Crippen molar-refractivity contribution in [3.05, 3.63) is 35.4 Å². The van der Waals surface area contributed by atoms with E-state index in [2.05, 4.69) is 38.1 Å². The molecule has 2 atom stereocenters. The molecule has 2 aliphatic rings. The van der Waals surface area contributed by atoms with E-state index in [-0.39, 0.29) is 0 Å². The second kappa shape index (κ2) is 3.61. The molecule has 0 nitrogen and oxygen atoms in total. The number of hydrogen-bond acceptors (Lipinski definition) is 0. The topological polar surface area (TPSA) is 0 Å². The third kappa shape index (κ3) is 1.59. The van der Waals surface area contributed by atoms with Crippen LogP contribution in [0.3, 0.4) is 0 Å². The molecule has 1 saturated carbocycles. The first-order valence-corrected chi connectivity index (χ1v) is 6.73. The molecule has 0 radical (unpaired) electrons. The monoisotopic (exact) mass is 214 g/mol. The molecule has 3 rings (SSSR count). The summed E-state index contributed by atoms with van der Waals surface area (Å²) in [5, 5.41) is 0. The van der Waals surface area contributed by atoms with Crippen molar-refractivity contribution in [3.8, 4) is 0 Å². The lowest BCUT2D eigenvalue weighted by Crippen LogP contribution is -2.39. The summed E-state index contributed by atoms with van der Waals surface area (Å²) in [5.41, 5.74) is 3.82. The van der Waals surface area contributed by atoms with Gasteiger partial charge in [-0.3, -0.25) is 0 Å². The van der Waals surface area contributed by atoms with Crippen LogP contribution in [0.25, 0.3) is 0 Å². The van der Waals surface area contributed by atoms with Gasteiger partial charge in [-0.15, -0.1) is 0 Å². The molecular weight excluding hydrogens is 192 g/mol. The van der Waals surface area contributed by atoms with Gasteiger partial charge < -0.3 is 0 Å². The summed E-state index contributed by atoms with van der Waals surface area (Å²) in [5.74, 6) is 1.88. The highest BCUT2D eigenvalue weighted by Crippen LogP contribution is 2.49. The van der Waals surface area contributed by atoms with Crippen LogP contribution in [0.2, 0.25) is 0 Å². The molecule has 0 N–H and O–H groups in total. The molecule has 0 amide bonds. The molecule has 16 heavy (non-hydrogen) atoms. The summed E-state index contributed by atoms with van der Waals surface area (Å²) in [4.78, 5) is 0. The highest BCUT2D eigenvalue weighted by atomic mass is 14.5. The fourth-order valence-corrected chi connectivity index (χ4v) is 4.01. The van der Waals surface area contributed by atoms with Gasteiger partial charge in [-0.05, 0) is 54.1 Å². The molecule has 0 spiro atoms. The second-order valence-corrected chi connectivity index (χ2v) is 6.42. The van der Waals surface area contributed by atoms with E-state index in [4.69, 9.17) is 0 Å². The average molecular weight is 214 g/mol. The second-order valence-electron chi connectivity index (χ2n) is 6.42. The van der Waals surface area contributed by atoms with Gasteiger partial charge in [0.1, 0.15) is 0 Å². The van der Waals surface area contributed by atoms with E-state index < -0.39 is 0 Å². The van der Waals surface area contributed by atoms with Gasteiger partial charge in [0.2, 0.25) is 0 Å². The maximum atomic E-state index is 2.48. The summed E-state index contributed by atoms with van der Waals surface area (Å²) in [6.07, 6.45) is 6.99. The molecule has 0 aliphatic heterocycles. The zero-order chi connectivity index (χ0) is 11.2. The lowest BCUT2D eigenvalue weighted by molar-refractivity contribution is 0.0670. The van der Waals surface area contributed by atoms with Crippen LogP contribution >= 0.6 is 0 Å². The van der Waals surface area contributed by atoms with E-state index in [0.717, 1.165) is 11.8 Å². The molecule has 1 fully saturated rings. The van der Waals surface area contributed by atoms with Crippen LogP contribution in [0.5, 0.6) is 0 Å². The Balaban J connectivity index is 1.95. The Bertz CT molecular complexity index is 389. The van der Waals surface area contributed by atoms with E-state index in [1.165, 1.54) is 32.1 Å². The Morgan fingerprint density at radius 2 is 1.75 bits per heavy atom. The highest BCUT2D eigenvalue weighted by molar-refractivity contribution is 5.31. The predicted octanol–water partition coefficient (Wildman–Crippen LogP) is 4.23. The van der Waals surface area contributed by atoms with E-state index in [0.29, 0.717) is 5.41 Å². The standard InChI is InChI=1S/C16H22/c1-16(2)9-5-8-14-10-12-6-3-4-7-13(12)11-15(14)16/h3-4,6-7,14-15H,5,8-11H2,1-2H3/t14-,15-/m0/s1. The first-order chi connectivity index (χ1) is 7.67. The maximum Gasteiger partial charge on any atom is -0.0240 e. The molecule has 0 bridgehead atoms. The van der Waals surface area contributed by atoms with E-state index in [1.54, 1.807) is 11.1 Å². The van der Waals surface area contributed by atoms with Gasteiger partial charge in [0.05, 0.1) is 0 Å². The third-order valence-corrected chi connectivity index (χ3v) is 5.01. The Morgan fingerprint density at radius 3 is 2.50 bits per heavy atom. The molecule has 0 saturated heterocycles. The number of fused-ring (bicyclic) bond motifs is 2. The molecule has 0 aromatic heterocycles. The highest BCUT2D eigenvalue weighted by Gasteiger charge is 2.41. The fraction of sp³-hybridized carbons (Fsp3) is 0.625. The minimum absolute atomic E-state index is 0.566. The summed E-state index contributed by atoms with van der Waals surface area (Å²) < 4.78 is 0. The van der Waals surface area contributed by atoms with Crippen LogP contribution in [0.1, 0.15) is 44.2 Å². The van der Waals surface area contributed by atoms with Crippen LogP contribution in [-0.4, -0.2) is 0 Å². The van der Waals surface area contributed by atoms with Crippen LogP contribution in [0.4, 0.5) is 0 Å². The van der Waals surface area contributed by atoms with Gasteiger partial charge in [0.25, 0.3) is 0 Å². The van der Waals surface area contributed by atoms with Crippen LogP contribution in [-0.2, 0) is 12.8 Å². The Morgan fingerprint density at radius 1 is 1.06 bits per heavy atom. The number of rotatable bonds is 0. The van der Waals surface area contributed by atoms with Crippen molar-refractivity contribution < 1.29 is 0 Å². The zero-order valence-electron chi connectivity index (χ0n) is 10.5. The maximum absolute atomic E-state index is 2.48. The quantitative estimate of drug-likeness (QED) is 0.606. The summed E-state index contributed by atoms with van der Waals surface area (Å²) in [6, 6.07) is 9.09. The van der Waals surface area contributed by atoms with Crippen LogP contribution in [0, 0.1) is 17.3 Å². The molecule has 0 heteroatoms. The Hall–Kier alpha value is -0.780. The van der Waals surface area contributed by atoms with Gasteiger partial charge in [0, 0.05) is 0 Å². The van der Waals surface area contributed by atoms with Crippen molar-refractivity contribution in [2.75, 3.05) is 0 Å². The normalized spacial score (nSPS) is 31.6. The van der Waals surface area contributed by atoms with Crippen molar-refractivity contribution in [2.24, 2.45) is 17.3 Å². The Labute approximate surface area is 99.1 Å². The van der Waals surface area contributed by atoms with Crippen LogP contribution in [0.15, 0.2) is 24.3 Å². The molecule has 0 unspecified atom stereocenters. The molecular formula is C16H22. The summed E-state index contributed by atoms with van der Waals surface area (Å²) in [6.45, 7) is 4.97. The smallest absolute Gasteiger partial charge is 0.0240 e. The van der Waals surface area contributed by atoms with Crippen molar-refractivity contribution in [1.29, 1.82) is 0 Å². The first kappa shape index (κ1) is 10.4. The fourth-order valence-electron chi connectivity index (χ4n) is 4.01. The van der Waals surface area contributed by atoms with E-state index in [1.807, 2.05) is 0 Å². The third-order valence-electron chi connectivity index (χ3n) is 5.01. The molecule has 0 heterocycles. The van der Waals surface area contributed by atoms with Gasteiger partial charge in [-0.1, -0.05) is 44.5 Å². The Kier molecular flexibility index (Phi) is 2.34. The van der Waals surface area contributed by atoms with Gasteiger partial charge in [-0.2, -0.15) is 0 Å². The molecule has 86 valence electrons. The first-order valence-electron chi connectivity index (χ1n) is 6.73. The average Bonchev–Trinajstić information content (AvgIpc) is 2.27. The summed E-state index contributed by atoms with van der Waals surface area (Å²) >= 11 is 0. The van der Waals surface area contributed by atoms with Crippen molar-refractivity contribution in [3.63, 3.8) is 0 Å². The van der Waals surface area contributed by atoms with Gasteiger partial charge >= 0.3 is 0 Å². The van der Waals surface area contributed by atoms with Crippen molar-refractivity contribution in [2.45, 2.75) is 46.0 Å². The lowest BCUT2D eigenvalue weighted by atomic mass is 9.58. The zero-order valence-corrected chi connectivity index (χ0v) is 10.5. The minimum Gasteiger partial charge on any atom is -0.0620 e. The predicted molar refractivity (Wildman–Crippen MR) is 68.5 cm³/mol. The van der Waals surface area contributed by atoms with Gasteiger partial charge in [0.15, 0.2) is 0 Å². The van der Waals surface area contributed by atoms with Crippen molar-refractivity contribution >= 4 is 0 Å². The number of benzene rings is 1. The number of hydrogen-bond donors (Lipinski definition) is 0. The van der Waals surface area contributed by atoms with Crippen molar-refractivity contribution in [1.82, 2.24) is 0 Å². The van der Waals surface area contributed by atoms with Gasteiger partial charge in [-0.25, -0.2) is 0 Å². The minimum atomic E-state index is 0.566. The van der Waals surface area contributed by atoms with E-state index >= 15 is 0 Å².